The number of aromatic nitrogens is 2. The molecule has 0 spiro atoms. The summed E-state index contributed by atoms with van der Waals surface area (Å²) in [6, 6.07) is 1.82. The van der Waals surface area contributed by atoms with Crippen molar-refractivity contribution < 1.29 is 4.79 Å². The summed E-state index contributed by atoms with van der Waals surface area (Å²) in [5.74, 6) is 0.702. The second-order valence-electron chi connectivity index (χ2n) is 3.70. The number of hydrogen-bond donors (Lipinski definition) is 2. The molecular weight excluding hydrogens is 192 g/mol. The highest BCUT2D eigenvalue weighted by molar-refractivity contribution is 5.88. The highest BCUT2D eigenvalue weighted by Crippen LogP contribution is 2.07. The summed E-state index contributed by atoms with van der Waals surface area (Å²) in [5, 5.41) is 9.71. The summed E-state index contributed by atoms with van der Waals surface area (Å²) in [6.45, 7) is 5.88. The van der Waals surface area contributed by atoms with Crippen molar-refractivity contribution in [2.75, 3.05) is 5.32 Å². The van der Waals surface area contributed by atoms with Crippen LogP contribution in [0.25, 0.3) is 0 Å². The van der Waals surface area contributed by atoms with Gasteiger partial charge in [-0.05, 0) is 20.3 Å². The number of anilines is 1. The summed E-state index contributed by atoms with van der Waals surface area (Å²) in [7, 11) is 1.80. The molecule has 1 atom stereocenters. The van der Waals surface area contributed by atoms with Gasteiger partial charge in [0.2, 0.25) is 0 Å². The Morgan fingerprint density at radius 2 is 2.33 bits per heavy atom. The molecule has 0 saturated carbocycles. The molecule has 0 aliphatic heterocycles. The Hall–Kier alpha value is -1.52. The van der Waals surface area contributed by atoms with Crippen LogP contribution >= 0.6 is 0 Å². The lowest BCUT2D eigenvalue weighted by atomic mass is 10.3. The number of carbonyl (C=O) groups is 1. The average molecular weight is 210 g/mol. The lowest BCUT2D eigenvalue weighted by molar-refractivity contribution is 0.248. The molecule has 0 aliphatic rings. The van der Waals surface area contributed by atoms with Crippen molar-refractivity contribution in [1.82, 2.24) is 15.1 Å². The van der Waals surface area contributed by atoms with Gasteiger partial charge in [-0.25, -0.2) is 4.79 Å². The van der Waals surface area contributed by atoms with Gasteiger partial charge in [0.15, 0.2) is 0 Å². The predicted octanol–water partition coefficient (Wildman–Crippen LogP) is 1.65. The fraction of sp³-hybridized carbons (Fsp3) is 0.600. The van der Waals surface area contributed by atoms with Crippen molar-refractivity contribution in [3.63, 3.8) is 0 Å². The van der Waals surface area contributed by atoms with Crippen LogP contribution in [0.4, 0.5) is 10.6 Å². The Labute approximate surface area is 89.9 Å². The molecule has 5 heteroatoms. The second kappa shape index (κ2) is 4.82. The Morgan fingerprint density at radius 1 is 1.67 bits per heavy atom. The van der Waals surface area contributed by atoms with Gasteiger partial charge in [-0.3, -0.25) is 10.00 Å². The van der Waals surface area contributed by atoms with Crippen LogP contribution in [0.1, 0.15) is 26.0 Å². The number of carbonyl (C=O) groups excluding carboxylic acids is 1. The molecule has 0 saturated heterocycles. The number of aryl methyl sites for hydroxylation is 2. The molecule has 1 aromatic rings. The van der Waals surface area contributed by atoms with E-state index in [0.29, 0.717) is 5.82 Å². The standard InChI is InChI=1S/C10H18N4O/c1-5-7(2)11-10(15)12-9-6-8(3)13-14(9)4/h6-7H,5H2,1-4H3,(H2,11,12,15)/t7-/m1/s1. The normalized spacial score (nSPS) is 12.3. The fourth-order valence-corrected chi connectivity index (χ4v) is 1.21. The number of amides is 2. The first kappa shape index (κ1) is 11.6. The Morgan fingerprint density at radius 3 is 2.80 bits per heavy atom. The zero-order valence-corrected chi connectivity index (χ0v) is 9.66. The van der Waals surface area contributed by atoms with Crippen molar-refractivity contribution >= 4 is 11.8 Å². The maximum atomic E-state index is 11.5. The quantitative estimate of drug-likeness (QED) is 0.797. The van der Waals surface area contributed by atoms with E-state index in [2.05, 4.69) is 15.7 Å². The Balaban J connectivity index is 2.55. The van der Waals surface area contributed by atoms with E-state index in [1.54, 1.807) is 11.7 Å². The maximum Gasteiger partial charge on any atom is 0.320 e. The zero-order valence-electron chi connectivity index (χ0n) is 9.66. The molecule has 0 bridgehead atoms. The number of hydrogen-bond acceptors (Lipinski definition) is 2. The Kier molecular flexibility index (Phi) is 3.71. The smallest absolute Gasteiger partial charge is 0.320 e. The van der Waals surface area contributed by atoms with Gasteiger partial charge < -0.3 is 5.32 Å². The molecule has 0 aliphatic carbocycles. The van der Waals surface area contributed by atoms with Gasteiger partial charge in [-0.1, -0.05) is 6.92 Å². The van der Waals surface area contributed by atoms with Gasteiger partial charge in [0.25, 0.3) is 0 Å². The molecule has 2 amide bonds. The van der Waals surface area contributed by atoms with Crippen LogP contribution in [-0.4, -0.2) is 21.9 Å². The average Bonchev–Trinajstić information content (AvgIpc) is 2.44. The summed E-state index contributed by atoms with van der Waals surface area (Å²) < 4.78 is 1.64. The van der Waals surface area contributed by atoms with Gasteiger partial charge in [0, 0.05) is 19.2 Å². The van der Waals surface area contributed by atoms with Crippen molar-refractivity contribution in [3.8, 4) is 0 Å². The minimum atomic E-state index is -0.188. The first-order chi connectivity index (χ1) is 7.02. The third kappa shape index (κ3) is 3.27. The van der Waals surface area contributed by atoms with Gasteiger partial charge in [0.05, 0.1) is 5.69 Å². The molecule has 15 heavy (non-hydrogen) atoms. The molecule has 0 radical (unpaired) electrons. The van der Waals surface area contributed by atoms with E-state index < -0.39 is 0 Å². The third-order valence-corrected chi connectivity index (χ3v) is 2.23. The lowest BCUT2D eigenvalue weighted by Gasteiger charge is -2.12. The van der Waals surface area contributed by atoms with Gasteiger partial charge in [-0.15, -0.1) is 0 Å². The Bertz CT molecular complexity index is 345. The van der Waals surface area contributed by atoms with Crippen LogP contribution < -0.4 is 10.6 Å². The van der Waals surface area contributed by atoms with Crippen molar-refractivity contribution in [1.29, 1.82) is 0 Å². The molecule has 0 aromatic carbocycles. The zero-order chi connectivity index (χ0) is 11.4. The highest BCUT2D eigenvalue weighted by Gasteiger charge is 2.08. The first-order valence-corrected chi connectivity index (χ1v) is 5.11. The summed E-state index contributed by atoms with van der Waals surface area (Å²) in [6.07, 6.45) is 0.915. The van der Waals surface area contributed by atoms with Crippen LogP contribution in [0.5, 0.6) is 0 Å². The number of rotatable bonds is 3. The molecule has 1 heterocycles. The number of nitrogens with zero attached hydrogens (tertiary/aromatic N) is 2. The second-order valence-corrected chi connectivity index (χ2v) is 3.70. The third-order valence-electron chi connectivity index (χ3n) is 2.23. The van der Waals surface area contributed by atoms with E-state index >= 15 is 0 Å². The molecule has 1 aromatic heterocycles. The van der Waals surface area contributed by atoms with Gasteiger partial charge in [0.1, 0.15) is 5.82 Å². The van der Waals surface area contributed by atoms with Crippen LogP contribution in [0.2, 0.25) is 0 Å². The monoisotopic (exact) mass is 210 g/mol. The minimum absolute atomic E-state index is 0.180. The van der Waals surface area contributed by atoms with E-state index in [-0.39, 0.29) is 12.1 Å². The lowest BCUT2D eigenvalue weighted by Crippen LogP contribution is -2.36. The van der Waals surface area contributed by atoms with E-state index in [1.165, 1.54) is 0 Å². The van der Waals surface area contributed by atoms with E-state index in [9.17, 15) is 4.79 Å². The van der Waals surface area contributed by atoms with Crippen molar-refractivity contribution in [3.05, 3.63) is 11.8 Å². The first-order valence-electron chi connectivity index (χ1n) is 5.11. The molecular formula is C10H18N4O. The highest BCUT2D eigenvalue weighted by atomic mass is 16.2. The van der Waals surface area contributed by atoms with Crippen LogP contribution in [0.15, 0.2) is 6.07 Å². The largest absolute Gasteiger partial charge is 0.335 e. The van der Waals surface area contributed by atoms with Crippen molar-refractivity contribution in [2.24, 2.45) is 7.05 Å². The van der Waals surface area contributed by atoms with Gasteiger partial charge >= 0.3 is 6.03 Å². The molecule has 1 rings (SSSR count). The molecule has 2 N–H and O–H groups in total. The summed E-state index contributed by atoms with van der Waals surface area (Å²) in [4.78, 5) is 11.5. The minimum Gasteiger partial charge on any atom is -0.335 e. The molecule has 84 valence electrons. The van der Waals surface area contributed by atoms with Crippen LogP contribution in [0.3, 0.4) is 0 Å². The predicted molar refractivity (Wildman–Crippen MR) is 59.9 cm³/mol. The number of nitrogens with one attached hydrogen (secondary N) is 2. The topological polar surface area (TPSA) is 59.0 Å². The fourth-order valence-electron chi connectivity index (χ4n) is 1.21. The molecule has 5 nitrogen and oxygen atoms in total. The van der Waals surface area contributed by atoms with Crippen LogP contribution in [0, 0.1) is 6.92 Å². The van der Waals surface area contributed by atoms with Crippen molar-refractivity contribution in [2.45, 2.75) is 33.2 Å². The summed E-state index contributed by atoms with van der Waals surface area (Å²) >= 11 is 0. The van der Waals surface area contributed by atoms with E-state index in [4.69, 9.17) is 0 Å². The molecule has 0 unspecified atom stereocenters. The van der Waals surface area contributed by atoms with Gasteiger partial charge in [-0.2, -0.15) is 5.10 Å². The van der Waals surface area contributed by atoms with E-state index in [0.717, 1.165) is 12.1 Å². The molecule has 0 fully saturated rings. The maximum absolute atomic E-state index is 11.5. The van der Waals surface area contributed by atoms with Crippen LogP contribution in [-0.2, 0) is 7.05 Å². The van der Waals surface area contributed by atoms with E-state index in [1.807, 2.05) is 26.8 Å². The summed E-state index contributed by atoms with van der Waals surface area (Å²) in [5.41, 5.74) is 0.885. The number of urea groups is 1. The SMILES string of the molecule is CC[C@@H](C)NC(=O)Nc1cc(C)nn1C.